The van der Waals surface area contributed by atoms with Crippen molar-refractivity contribution in [3.8, 4) is 21.9 Å². The third kappa shape index (κ3) is 5.30. The number of amides is 2. The summed E-state index contributed by atoms with van der Waals surface area (Å²) in [5, 5.41) is 11.2. The zero-order chi connectivity index (χ0) is 30.4. The average molecular weight is 620 g/mol. The van der Waals surface area contributed by atoms with Gasteiger partial charge in [0.05, 0.1) is 39.5 Å². The molecule has 6 heterocycles. The first kappa shape index (κ1) is 28.7. The van der Waals surface area contributed by atoms with Crippen LogP contribution in [0.2, 0.25) is 0 Å². The molecule has 44 heavy (non-hydrogen) atoms. The first-order valence-electron chi connectivity index (χ1n) is 15.0. The van der Waals surface area contributed by atoms with E-state index < -0.39 is 11.6 Å². The van der Waals surface area contributed by atoms with Gasteiger partial charge in [0, 0.05) is 37.1 Å². The first-order valence-corrected chi connectivity index (χ1v) is 15.8. The molecule has 4 aromatic rings. The SMILES string of the molecule is Cc1nnc(-c2c(CCC3CCCCO3)nc3c(c2-c2ccc(C(=O)NCc4ccc(F)c(F)c4)s2)C(=O)N2CCC[C@H]32)o1. The summed E-state index contributed by atoms with van der Waals surface area (Å²) in [6.45, 7) is 3.17. The van der Waals surface area contributed by atoms with Crippen molar-refractivity contribution in [1.82, 2.24) is 25.4 Å². The van der Waals surface area contributed by atoms with Crippen LogP contribution >= 0.6 is 11.3 Å². The number of hydrogen-bond donors (Lipinski definition) is 1. The molecule has 3 aromatic heterocycles. The topological polar surface area (TPSA) is 110 Å². The molecule has 228 valence electrons. The summed E-state index contributed by atoms with van der Waals surface area (Å²) >= 11 is 1.24. The molecule has 0 spiro atoms. The van der Waals surface area contributed by atoms with E-state index in [-0.39, 0.29) is 36.4 Å². The lowest BCUT2D eigenvalue weighted by Crippen LogP contribution is -2.23. The van der Waals surface area contributed by atoms with Gasteiger partial charge >= 0.3 is 0 Å². The standard InChI is InChI=1S/C32H31F2N5O4S/c1-17-37-38-31(43-17)26-22(10-8-19-5-2-3-14-42-19)36-29-23-6-4-13-39(23)32(41)28(29)27(26)24-11-12-25(44-24)30(40)35-16-18-7-9-20(33)21(34)15-18/h7,9,11-12,15,19,23H,2-6,8,10,13-14,16H2,1H3,(H,35,40)/t19?,23-/m1/s1. The number of nitrogens with one attached hydrogen (secondary N) is 1. The minimum absolute atomic E-state index is 0.0307. The lowest BCUT2D eigenvalue weighted by molar-refractivity contribution is 0.0114. The average Bonchev–Trinajstić information content (AvgIpc) is 3.84. The fourth-order valence-corrected chi connectivity index (χ4v) is 7.43. The summed E-state index contributed by atoms with van der Waals surface area (Å²) in [7, 11) is 0. The van der Waals surface area contributed by atoms with Crippen molar-refractivity contribution in [2.24, 2.45) is 0 Å². The normalized spacial score (nSPS) is 19.3. The Morgan fingerprint density at radius 1 is 1.07 bits per heavy atom. The van der Waals surface area contributed by atoms with Gasteiger partial charge in [-0.05, 0) is 74.8 Å². The molecule has 12 heteroatoms. The van der Waals surface area contributed by atoms with Crippen LogP contribution in [0.25, 0.3) is 21.9 Å². The number of carbonyl (C=O) groups is 2. The number of hydrogen-bond acceptors (Lipinski definition) is 8. The lowest BCUT2D eigenvalue weighted by Gasteiger charge is -2.23. The van der Waals surface area contributed by atoms with Gasteiger partial charge in [0.25, 0.3) is 11.8 Å². The molecular weight excluding hydrogens is 588 g/mol. The van der Waals surface area contributed by atoms with Crippen LogP contribution < -0.4 is 5.32 Å². The number of halogens is 2. The second-order valence-electron chi connectivity index (χ2n) is 11.5. The molecule has 2 fully saturated rings. The molecule has 1 unspecified atom stereocenters. The molecule has 1 N–H and O–H groups in total. The molecule has 0 saturated carbocycles. The molecule has 1 aromatic carbocycles. The quantitative estimate of drug-likeness (QED) is 0.251. The molecular formula is C32H31F2N5O4S. The number of aromatic nitrogens is 3. The Labute approximate surface area is 256 Å². The van der Waals surface area contributed by atoms with Crippen molar-refractivity contribution in [3.63, 3.8) is 0 Å². The highest BCUT2D eigenvalue weighted by Gasteiger charge is 2.45. The van der Waals surface area contributed by atoms with Crippen LogP contribution in [-0.2, 0) is 17.7 Å². The Bertz CT molecular complexity index is 1750. The number of carbonyl (C=O) groups excluding carboxylic acids is 2. The Hall–Kier alpha value is -4.03. The number of ether oxygens (including phenoxy) is 1. The number of rotatable bonds is 8. The van der Waals surface area contributed by atoms with Gasteiger partial charge in [-0.2, -0.15) is 0 Å². The van der Waals surface area contributed by atoms with E-state index in [1.165, 1.54) is 17.4 Å². The number of benzene rings is 1. The van der Waals surface area contributed by atoms with E-state index in [1.807, 2.05) is 11.0 Å². The van der Waals surface area contributed by atoms with Gasteiger partial charge in [0.2, 0.25) is 11.8 Å². The largest absolute Gasteiger partial charge is 0.421 e. The maximum atomic E-state index is 13.9. The maximum absolute atomic E-state index is 13.9. The highest BCUT2D eigenvalue weighted by Crippen LogP contribution is 2.49. The lowest BCUT2D eigenvalue weighted by atomic mass is 9.92. The minimum Gasteiger partial charge on any atom is -0.421 e. The van der Waals surface area contributed by atoms with Crippen LogP contribution in [0.15, 0.2) is 34.7 Å². The smallest absolute Gasteiger partial charge is 0.261 e. The van der Waals surface area contributed by atoms with Crippen LogP contribution in [0.5, 0.6) is 0 Å². The summed E-state index contributed by atoms with van der Waals surface area (Å²) in [6, 6.07) is 6.96. The predicted molar refractivity (Wildman–Crippen MR) is 158 cm³/mol. The zero-order valence-corrected chi connectivity index (χ0v) is 25.0. The number of pyridine rings is 1. The van der Waals surface area contributed by atoms with Gasteiger partial charge in [0.1, 0.15) is 0 Å². The highest BCUT2D eigenvalue weighted by atomic mass is 32.1. The molecule has 0 radical (unpaired) electrons. The Morgan fingerprint density at radius 3 is 2.73 bits per heavy atom. The summed E-state index contributed by atoms with van der Waals surface area (Å²) in [4.78, 5) is 35.2. The van der Waals surface area contributed by atoms with Crippen molar-refractivity contribution in [3.05, 3.63) is 75.2 Å². The number of aryl methyl sites for hydroxylation is 2. The molecule has 0 bridgehead atoms. The van der Waals surface area contributed by atoms with Gasteiger partial charge in [-0.1, -0.05) is 6.07 Å². The summed E-state index contributed by atoms with van der Waals surface area (Å²) in [5.41, 5.74) is 3.77. The minimum atomic E-state index is -0.971. The van der Waals surface area contributed by atoms with E-state index in [1.54, 1.807) is 13.0 Å². The second kappa shape index (κ2) is 11.8. The van der Waals surface area contributed by atoms with Crippen LogP contribution in [0.4, 0.5) is 8.78 Å². The van der Waals surface area contributed by atoms with Crippen LogP contribution in [-0.4, -0.2) is 51.2 Å². The van der Waals surface area contributed by atoms with Crippen molar-refractivity contribution in [1.29, 1.82) is 0 Å². The second-order valence-corrected chi connectivity index (χ2v) is 12.6. The Morgan fingerprint density at radius 2 is 1.95 bits per heavy atom. The molecule has 2 amide bonds. The first-order chi connectivity index (χ1) is 21.4. The zero-order valence-electron chi connectivity index (χ0n) is 24.2. The van der Waals surface area contributed by atoms with E-state index >= 15 is 0 Å². The molecule has 3 aliphatic heterocycles. The number of thiophene rings is 1. The molecule has 7 rings (SSSR count). The molecule has 9 nitrogen and oxygen atoms in total. The van der Waals surface area contributed by atoms with E-state index in [0.717, 1.165) is 68.7 Å². The van der Waals surface area contributed by atoms with E-state index in [0.29, 0.717) is 50.9 Å². The monoisotopic (exact) mass is 619 g/mol. The van der Waals surface area contributed by atoms with Crippen LogP contribution in [0, 0.1) is 18.6 Å². The summed E-state index contributed by atoms with van der Waals surface area (Å²) in [5.74, 6) is -1.69. The maximum Gasteiger partial charge on any atom is 0.261 e. The molecule has 2 saturated heterocycles. The van der Waals surface area contributed by atoms with Crippen molar-refractivity contribution < 1.29 is 27.5 Å². The van der Waals surface area contributed by atoms with Crippen molar-refractivity contribution in [2.75, 3.05) is 13.2 Å². The van der Waals surface area contributed by atoms with Gasteiger partial charge in [-0.25, -0.2) is 8.78 Å². The van der Waals surface area contributed by atoms with Crippen molar-refractivity contribution in [2.45, 2.75) is 70.6 Å². The third-order valence-electron chi connectivity index (χ3n) is 8.57. The fourth-order valence-electron chi connectivity index (χ4n) is 6.45. The number of fused-ring (bicyclic) bond motifs is 3. The molecule has 3 aliphatic rings. The Balaban J connectivity index is 1.29. The predicted octanol–water partition coefficient (Wildman–Crippen LogP) is 6.17. The Kier molecular flexibility index (Phi) is 7.71. The molecule has 2 atom stereocenters. The molecule has 0 aliphatic carbocycles. The summed E-state index contributed by atoms with van der Waals surface area (Å²) < 4.78 is 39.0. The fraction of sp³-hybridized carbons (Fsp3) is 0.406. The third-order valence-corrected chi connectivity index (χ3v) is 9.68. The summed E-state index contributed by atoms with van der Waals surface area (Å²) in [6.07, 6.45) is 6.47. The van der Waals surface area contributed by atoms with Gasteiger partial charge < -0.3 is 19.4 Å². The highest BCUT2D eigenvalue weighted by molar-refractivity contribution is 7.17. The van der Waals surface area contributed by atoms with E-state index in [4.69, 9.17) is 14.1 Å². The van der Waals surface area contributed by atoms with E-state index in [2.05, 4.69) is 15.5 Å². The number of nitrogens with zero attached hydrogens (tertiary/aromatic N) is 4. The van der Waals surface area contributed by atoms with Crippen LogP contribution in [0.3, 0.4) is 0 Å². The van der Waals surface area contributed by atoms with Crippen LogP contribution in [0.1, 0.15) is 87.4 Å². The van der Waals surface area contributed by atoms with Gasteiger partial charge in [-0.3, -0.25) is 14.6 Å². The van der Waals surface area contributed by atoms with Crippen molar-refractivity contribution >= 4 is 23.2 Å². The van der Waals surface area contributed by atoms with Gasteiger partial charge in [0.15, 0.2) is 11.6 Å². The van der Waals surface area contributed by atoms with Gasteiger partial charge in [-0.15, -0.1) is 21.5 Å². The van der Waals surface area contributed by atoms with E-state index in [9.17, 15) is 18.4 Å².